The summed E-state index contributed by atoms with van der Waals surface area (Å²) in [4.78, 5) is 21.2. The van der Waals surface area contributed by atoms with E-state index < -0.39 is 0 Å². The molecule has 2 aromatic heterocycles. The fourth-order valence-electron chi connectivity index (χ4n) is 3.94. The van der Waals surface area contributed by atoms with Crippen LogP contribution in [0.4, 0.5) is 5.69 Å². The van der Waals surface area contributed by atoms with E-state index in [2.05, 4.69) is 16.0 Å². The highest BCUT2D eigenvalue weighted by Gasteiger charge is 2.40. The van der Waals surface area contributed by atoms with Gasteiger partial charge >= 0.3 is 0 Å². The van der Waals surface area contributed by atoms with E-state index in [9.17, 15) is 4.79 Å². The number of piperidine rings is 1. The number of carbonyl (C=O) groups excluding carboxylic acids is 1. The number of anilines is 1. The molecule has 25 heavy (non-hydrogen) atoms. The van der Waals surface area contributed by atoms with Gasteiger partial charge in [0, 0.05) is 37.8 Å². The Morgan fingerprint density at radius 2 is 2.16 bits per heavy atom. The quantitative estimate of drug-likeness (QED) is 0.840. The van der Waals surface area contributed by atoms with Crippen LogP contribution < -0.4 is 4.90 Å². The number of aromatic nitrogens is 1. The zero-order valence-corrected chi connectivity index (χ0v) is 14.3. The lowest BCUT2D eigenvalue weighted by atomic mass is 9.80. The molecule has 2 aliphatic heterocycles. The molecule has 0 N–H and O–H groups in total. The number of hydrogen-bond acceptors (Lipinski definition) is 5. The molecule has 4 rings (SSSR count). The number of amides is 1. The van der Waals surface area contributed by atoms with Crippen molar-refractivity contribution in [3.05, 3.63) is 48.7 Å². The number of likely N-dealkylation sites (tertiary alicyclic amines) is 1. The Morgan fingerprint density at radius 3 is 2.96 bits per heavy atom. The second-order valence-electron chi connectivity index (χ2n) is 6.99. The first-order valence-corrected chi connectivity index (χ1v) is 8.81. The molecule has 4 heterocycles. The molecule has 1 unspecified atom stereocenters. The highest BCUT2D eigenvalue weighted by Crippen LogP contribution is 2.35. The van der Waals surface area contributed by atoms with E-state index in [1.165, 1.54) is 0 Å². The van der Waals surface area contributed by atoms with E-state index in [1.807, 2.05) is 17.2 Å². The van der Waals surface area contributed by atoms with Crippen LogP contribution in [0.3, 0.4) is 0 Å². The van der Waals surface area contributed by atoms with Crippen LogP contribution in [-0.4, -0.2) is 55.2 Å². The predicted molar refractivity (Wildman–Crippen MR) is 93.5 cm³/mol. The lowest BCUT2D eigenvalue weighted by molar-refractivity contribution is 0.0123. The minimum absolute atomic E-state index is 0.0266. The lowest BCUT2D eigenvalue weighted by Gasteiger charge is -2.43. The Bertz CT molecular complexity index is 704. The molecule has 132 valence electrons. The van der Waals surface area contributed by atoms with Gasteiger partial charge in [-0.1, -0.05) is 0 Å². The molecular formula is C19H23N3O3. The van der Waals surface area contributed by atoms with Gasteiger partial charge in [0.1, 0.15) is 0 Å². The van der Waals surface area contributed by atoms with Crippen LogP contribution >= 0.6 is 0 Å². The summed E-state index contributed by atoms with van der Waals surface area (Å²) in [5, 5.41) is 0. The van der Waals surface area contributed by atoms with Gasteiger partial charge in [0.15, 0.2) is 5.76 Å². The Balaban J connectivity index is 1.53. The standard InChI is InChI=1S/C19H23N3O3/c23-18(17-5-2-10-25-17)22-8-3-6-19(14-22)13-21(9-11-24-15-19)16-4-1-7-20-12-16/h1-2,4-5,7,10,12H,3,6,8-9,11,13-15H2. The molecular weight excluding hydrogens is 318 g/mol. The van der Waals surface area contributed by atoms with Crippen molar-refractivity contribution in [2.45, 2.75) is 12.8 Å². The van der Waals surface area contributed by atoms with Crippen LogP contribution in [0, 0.1) is 5.41 Å². The third-order valence-corrected chi connectivity index (χ3v) is 5.13. The normalized spacial score (nSPS) is 24.3. The number of furan rings is 1. The summed E-state index contributed by atoms with van der Waals surface area (Å²) in [6, 6.07) is 7.53. The molecule has 1 spiro atoms. The molecule has 1 atom stereocenters. The van der Waals surface area contributed by atoms with Crippen LogP contribution in [0.2, 0.25) is 0 Å². The Hall–Kier alpha value is -2.34. The first-order valence-electron chi connectivity index (χ1n) is 8.81. The predicted octanol–water partition coefficient (Wildman–Crippen LogP) is 2.43. The van der Waals surface area contributed by atoms with Crippen LogP contribution in [0.5, 0.6) is 0 Å². The van der Waals surface area contributed by atoms with Crippen molar-refractivity contribution in [3.8, 4) is 0 Å². The van der Waals surface area contributed by atoms with Gasteiger partial charge in [-0.25, -0.2) is 0 Å². The average molecular weight is 341 g/mol. The molecule has 2 aromatic rings. The monoisotopic (exact) mass is 341 g/mol. The molecule has 6 heteroatoms. The van der Waals surface area contributed by atoms with E-state index in [0.717, 1.165) is 38.2 Å². The van der Waals surface area contributed by atoms with Crippen molar-refractivity contribution in [2.24, 2.45) is 5.41 Å². The third kappa shape index (κ3) is 3.39. The van der Waals surface area contributed by atoms with Gasteiger partial charge in [-0.3, -0.25) is 9.78 Å². The van der Waals surface area contributed by atoms with Crippen LogP contribution in [0.1, 0.15) is 23.4 Å². The maximum atomic E-state index is 12.7. The van der Waals surface area contributed by atoms with Gasteiger partial charge in [0.2, 0.25) is 0 Å². The molecule has 2 fully saturated rings. The summed E-state index contributed by atoms with van der Waals surface area (Å²) in [6.07, 6.45) is 7.28. The van der Waals surface area contributed by atoms with Gasteiger partial charge in [-0.2, -0.15) is 0 Å². The van der Waals surface area contributed by atoms with Gasteiger partial charge in [-0.05, 0) is 37.1 Å². The topological polar surface area (TPSA) is 58.8 Å². The summed E-state index contributed by atoms with van der Waals surface area (Å²) >= 11 is 0. The molecule has 0 bridgehead atoms. The second kappa shape index (κ2) is 6.88. The van der Waals surface area contributed by atoms with Crippen LogP contribution in [-0.2, 0) is 4.74 Å². The van der Waals surface area contributed by atoms with E-state index in [1.54, 1.807) is 24.6 Å². The van der Waals surface area contributed by atoms with Crippen molar-refractivity contribution >= 4 is 11.6 Å². The van der Waals surface area contributed by atoms with Crippen molar-refractivity contribution in [3.63, 3.8) is 0 Å². The second-order valence-corrected chi connectivity index (χ2v) is 6.99. The molecule has 1 amide bonds. The molecule has 6 nitrogen and oxygen atoms in total. The summed E-state index contributed by atoms with van der Waals surface area (Å²) in [6.45, 7) is 4.58. The maximum absolute atomic E-state index is 12.7. The molecule has 2 saturated heterocycles. The SMILES string of the molecule is O=C(c1ccco1)N1CCCC2(COCCN(c3cccnc3)C2)C1. The Labute approximate surface area is 147 Å². The minimum Gasteiger partial charge on any atom is -0.459 e. The molecule has 0 aromatic carbocycles. The summed E-state index contributed by atoms with van der Waals surface area (Å²) in [5.41, 5.74) is 1.06. The third-order valence-electron chi connectivity index (χ3n) is 5.13. The largest absolute Gasteiger partial charge is 0.459 e. The Kier molecular flexibility index (Phi) is 4.44. The molecule has 2 aliphatic rings. The number of carbonyl (C=O) groups is 1. The lowest BCUT2D eigenvalue weighted by Crippen LogP contribution is -2.52. The van der Waals surface area contributed by atoms with Crippen LogP contribution in [0.15, 0.2) is 47.3 Å². The summed E-state index contributed by atoms with van der Waals surface area (Å²) < 4.78 is 11.2. The van der Waals surface area contributed by atoms with Crippen molar-refractivity contribution < 1.29 is 13.9 Å². The van der Waals surface area contributed by atoms with E-state index in [-0.39, 0.29) is 11.3 Å². The van der Waals surface area contributed by atoms with Crippen molar-refractivity contribution in [2.75, 3.05) is 44.3 Å². The molecule has 0 radical (unpaired) electrons. The first kappa shape index (κ1) is 16.1. The Morgan fingerprint density at radius 1 is 1.20 bits per heavy atom. The number of rotatable bonds is 2. The average Bonchev–Trinajstić information content (AvgIpc) is 3.12. The fraction of sp³-hybridized carbons (Fsp3) is 0.474. The summed E-state index contributed by atoms with van der Waals surface area (Å²) in [5.74, 6) is 0.386. The number of hydrogen-bond donors (Lipinski definition) is 0. The van der Waals surface area contributed by atoms with E-state index >= 15 is 0 Å². The van der Waals surface area contributed by atoms with Gasteiger partial charge in [0.25, 0.3) is 5.91 Å². The number of ether oxygens (including phenoxy) is 1. The zero-order chi connectivity index (χ0) is 17.1. The minimum atomic E-state index is -0.0488. The zero-order valence-electron chi connectivity index (χ0n) is 14.3. The van der Waals surface area contributed by atoms with E-state index in [0.29, 0.717) is 25.5 Å². The number of nitrogens with zero attached hydrogens (tertiary/aromatic N) is 3. The van der Waals surface area contributed by atoms with Crippen molar-refractivity contribution in [1.82, 2.24) is 9.88 Å². The van der Waals surface area contributed by atoms with E-state index in [4.69, 9.17) is 9.15 Å². The van der Waals surface area contributed by atoms with Gasteiger partial charge < -0.3 is 19.0 Å². The summed E-state index contributed by atoms with van der Waals surface area (Å²) in [7, 11) is 0. The van der Waals surface area contributed by atoms with Crippen molar-refractivity contribution in [1.29, 1.82) is 0 Å². The first-order chi connectivity index (χ1) is 12.3. The van der Waals surface area contributed by atoms with Gasteiger partial charge in [0.05, 0.1) is 31.4 Å². The number of pyridine rings is 1. The smallest absolute Gasteiger partial charge is 0.289 e. The maximum Gasteiger partial charge on any atom is 0.289 e. The fourth-order valence-corrected chi connectivity index (χ4v) is 3.94. The highest BCUT2D eigenvalue weighted by molar-refractivity contribution is 5.91. The molecule has 0 saturated carbocycles. The highest BCUT2D eigenvalue weighted by atomic mass is 16.5. The van der Waals surface area contributed by atoms with Crippen LogP contribution in [0.25, 0.3) is 0 Å². The molecule has 0 aliphatic carbocycles. The van der Waals surface area contributed by atoms with Gasteiger partial charge in [-0.15, -0.1) is 0 Å².